The lowest BCUT2D eigenvalue weighted by atomic mass is 10.1. The van der Waals surface area contributed by atoms with E-state index in [0.29, 0.717) is 23.9 Å². The highest BCUT2D eigenvalue weighted by molar-refractivity contribution is 5.84. The summed E-state index contributed by atoms with van der Waals surface area (Å²) in [5.41, 5.74) is 2.51. The lowest BCUT2D eigenvalue weighted by Gasteiger charge is -2.05. The van der Waals surface area contributed by atoms with Crippen molar-refractivity contribution >= 4 is 11.4 Å². The Hall–Kier alpha value is -0.660. The smallest absolute Gasteiger partial charge is 0.0442 e. The van der Waals surface area contributed by atoms with Crippen LogP contribution in [0.3, 0.4) is 0 Å². The quantitative estimate of drug-likeness (QED) is 0.629. The summed E-state index contributed by atoms with van der Waals surface area (Å²) in [6.07, 6.45) is 0. The summed E-state index contributed by atoms with van der Waals surface area (Å²) in [7, 11) is 0. The lowest BCUT2D eigenvalue weighted by Crippen LogP contribution is -2.05. The van der Waals surface area contributed by atoms with Gasteiger partial charge >= 0.3 is 0 Å². The van der Waals surface area contributed by atoms with E-state index < -0.39 is 0 Å². The van der Waals surface area contributed by atoms with Gasteiger partial charge in [0.25, 0.3) is 0 Å². The highest BCUT2D eigenvalue weighted by Crippen LogP contribution is 1.99. The summed E-state index contributed by atoms with van der Waals surface area (Å²) < 4.78 is 0. The van der Waals surface area contributed by atoms with Gasteiger partial charge < -0.3 is 0 Å². The Morgan fingerprint density at radius 1 is 0.556 bits per heavy atom. The fourth-order valence-electron chi connectivity index (χ4n) is 1.11. The topological polar surface area (TPSA) is 24.7 Å². The molecule has 0 fully saturated rings. The Balaban J connectivity index is 0. The minimum absolute atomic E-state index is 0.451. The van der Waals surface area contributed by atoms with E-state index in [9.17, 15) is 0 Å². The number of aliphatic imine (C=N–C) groups is 2. The van der Waals surface area contributed by atoms with Crippen molar-refractivity contribution in [2.75, 3.05) is 0 Å². The van der Waals surface area contributed by atoms with Crippen molar-refractivity contribution in [2.24, 2.45) is 21.8 Å². The van der Waals surface area contributed by atoms with Crippen LogP contribution >= 0.6 is 0 Å². The van der Waals surface area contributed by atoms with E-state index in [4.69, 9.17) is 0 Å². The van der Waals surface area contributed by atoms with Crippen molar-refractivity contribution in [3.05, 3.63) is 0 Å². The molecule has 2 nitrogen and oxygen atoms in total. The molecule has 0 rings (SSSR count). The molecule has 0 aromatic rings. The van der Waals surface area contributed by atoms with Gasteiger partial charge in [-0.1, -0.05) is 27.7 Å². The largest absolute Gasteiger partial charge is 0.291 e. The van der Waals surface area contributed by atoms with Crippen LogP contribution in [0.25, 0.3) is 0 Å². The van der Waals surface area contributed by atoms with E-state index in [-0.39, 0.29) is 0 Å². The first-order valence-corrected chi connectivity index (χ1v) is 7.16. The predicted octanol–water partition coefficient (Wildman–Crippen LogP) is 5.02. The highest BCUT2D eigenvalue weighted by Gasteiger charge is 1.97. The zero-order valence-electron chi connectivity index (χ0n) is 14.2. The predicted molar refractivity (Wildman–Crippen MR) is 86.2 cm³/mol. The normalized spacial score (nSPS) is 13.4. The second-order valence-electron chi connectivity index (χ2n) is 6.04. The van der Waals surface area contributed by atoms with E-state index in [2.05, 4.69) is 79.2 Å². The molecule has 0 saturated carbocycles. The summed E-state index contributed by atoms with van der Waals surface area (Å²) in [6.45, 7) is 21.3. The zero-order valence-corrected chi connectivity index (χ0v) is 14.2. The molecule has 18 heavy (non-hydrogen) atoms. The molecule has 0 aliphatic rings. The van der Waals surface area contributed by atoms with Gasteiger partial charge in [0.15, 0.2) is 0 Å². The Morgan fingerprint density at radius 2 is 0.778 bits per heavy atom. The number of hydrogen-bond donors (Lipinski definition) is 0. The van der Waals surface area contributed by atoms with Crippen molar-refractivity contribution in [1.29, 1.82) is 0 Å². The van der Waals surface area contributed by atoms with E-state index >= 15 is 0 Å². The molecule has 0 atom stereocenters. The standard InChI is InChI=1S/2C8H17N/c2*1-6(2)8(5)9-7(3)4/h2*6-7H,1-5H3. The second kappa shape index (κ2) is 10.3. The molecular weight excluding hydrogens is 220 g/mol. The zero-order chi connectivity index (χ0) is 14.9. The van der Waals surface area contributed by atoms with Gasteiger partial charge in [0.1, 0.15) is 0 Å². The van der Waals surface area contributed by atoms with E-state index in [1.165, 1.54) is 11.4 Å². The molecule has 2 heteroatoms. The van der Waals surface area contributed by atoms with Gasteiger partial charge in [-0.05, 0) is 53.4 Å². The maximum absolute atomic E-state index is 4.39. The third kappa shape index (κ3) is 13.4. The molecule has 0 aromatic carbocycles. The highest BCUT2D eigenvalue weighted by atomic mass is 14.8. The molecule has 108 valence electrons. The fourth-order valence-corrected chi connectivity index (χ4v) is 1.11. The molecular formula is C16H34N2. The van der Waals surface area contributed by atoms with Crippen LogP contribution in [-0.4, -0.2) is 23.5 Å². The van der Waals surface area contributed by atoms with Gasteiger partial charge in [-0.25, -0.2) is 0 Å². The van der Waals surface area contributed by atoms with Gasteiger partial charge in [-0.3, -0.25) is 9.98 Å². The Labute approximate surface area is 115 Å². The minimum atomic E-state index is 0.451. The van der Waals surface area contributed by atoms with Crippen LogP contribution in [0.4, 0.5) is 0 Å². The molecule has 0 spiro atoms. The van der Waals surface area contributed by atoms with Crippen molar-refractivity contribution in [2.45, 2.75) is 81.3 Å². The summed E-state index contributed by atoms with van der Waals surface area (Å²) in [5, 5.41) is 0. The molecule has 0 aliphatic heterocycles. The number of nitrogens with zero attached hydrogens (tertiary/aromatic N) is 2. The van der Waals surface area contributed by atoms with Crippen LogP contribution in [0.2, 0.25) is 0 Å². The van der Waals surface area contributed by atoms with Crippen LogP contribution in [-0.2, 0) is 0 Å². The molecule has 0 aromatic heterocycles. The SMILES string of the molecule is CC(=NC(C)C)C(C)C.CC(=NC(C)C)C(C)C. The van der Waals surface area contributed by atoms with Gasteiger partial charge in [0, 0.05) is 23.5 Å². The number of hydrogen-bond acceptors (Lipinski definition) is 2. The average Bonchev–Trinajstić information content (AvgIpc) is 2.16. The van der Waals surface area contributed by atoms with Crippen molar-refractivity contribution < 1.29 is 0 Å². The van der Waals surface area contributed by atoms with Crippen molar-refractivity contribution in [3.63, 3.8) is 0 Å². The van der Waals surface area contributed by atoms with Crippen molar-refractivity contribution in [1.82, 2.24) is 0 Å². The molecule has 0 bridgehead atoms. The minimum Gasteiger partial charge on any atom is -0.291 e. The second-order valence-corrected chi connectivity index (χ2v) is 6.04. The van der Waals surface area contributed by atoms with Gasteiger partial charge in [-0.2, -0.15) is 0 Å². The third-order valence-corrected chi connectivity index (χ3v) is 2.59. The van der Waals surface area contributed by atoms with Gasteiger partial charge in [0.05, 0.1) is 0 Å². The molecule has 0 saturated heterocycles. The third-order valence-electron chi connectivity index (χ3n) is 2.59. The molecule has 0 aliphatic carbocycles. The van der Waals surface area contributed by atoms with Gasteiger partial charge in [-0.15, -0.1) is 0 Å². The summed E-state index contributed by atoms with van der Waals surface area (Å²) in [6, 6.07) is 0.903. The van der Waals surface area contributed by atoms with E-state index in [1.807, 2.05) is 0 Å². The maximum Gasteiger partial charge on any atom is 0.0442 e. The van der Waals surface area contributed by atoms with Gasteiger partial charge in [0.2, 0.25) is 0 Å². The summed E-state index contributed by atoms with van der Waals surface area (Å²) in [4.78, 5) is 8.79. The first-order valence-electron chi connectivity index (χ1n) is 7.16. The first kappa shape index (κ1) is 19.7. The Bertz CT molecular complexity index is 230. The van der Waals surface area contributed by atoms with Crippen LogP contribution in [0.5, 0.6) is 0 Å². The van der Waals surface area contributed by atoms with E-state index in [0.717, 1.165) is 0 Å². The van der Waals surface area contributed by atoms with Crippen LogP contribution in [0.1, 0.15) is 69.2 Å². The van der Waals surface area contributed by atoms with Crippen LogP contribution in [0.15, 0.2) is 9.98 Å². The molecule has 0 radical (unpaired) electrons. The molecule has 0 amide bonds. The van der Waals surface area contributed by atoms with E-state index in [1.54, 1.807) is 0 Å². The number of rotatable bonds is 4. The Morgan fingerprint density at radius 3 is 0.833 bits per heavy atom. The maximum atomic E-state index is 4.39. The molecule has 0 N–H and O–H groups in total. The van der Waals surface area contributed by atoms with Crippen LogP contribution in [0, 0.1) is 11.8 Å². The summed E-state index contributed by atoms with van der Waals surface area (Å²) in [5.74, 6) is 1.21. The van der Waals surface area contributed by atoms with Crippen molar-refractivity contribution in [3.8, 4) is 0 Å². The van der Waals surface area contributed by atoms with Crippen LogP contribution < -0.4 is 0 Å². The first-order chi connectivity index (χ1) is 8.07. The Kier molecular flexibility index (Phi) is 11.2. The molecule has 0 unspecified atom stereocenters. The molecule has 0 heterocycles. The monoisotopic (exact) mass is 254 g/mol. The fraction of sp³-hybridized carbons (Fsp3) is 0.875. The summed E-state index contributed by atoms with van der Waals surface area (Å²) >= 11 is 0. The lowest BCUT2D eigenvalue weighted by molar-refractivity contribution is 0.794. The average molecular weight is 254 g/mol.